The number of nitrogens with zero attached hydrogens (tertiary/aromatic N) is 1. The van der Waals surface area contributed by atoms with Gasteiger partial charge in [0.05, 0.1) is 38.7 Å². The molecule has 36 heavy (non-hydrogen) atoms. The minimum absolute atomic E-state index is 0.176. The summed E-state index contributed by atoms with van der Waals surface area (Å²) in [5.41, 5.74) is 4.65. The predicted octanol–water partition coefficient (Wildman–Crippen LogP) is 5.17. The maximum absolute atomic E-state index is 13.0. The fourth-order valence-corrected chi connectivity index (χ4v) is 5.22. The Morgan fingerprint density at radius 3 is 2.08 bits per heavy atom. The monoisotopic (exact) mass is 510 g/mol. The van der Waals surface area contributed by atoms with Crippen LogP contribution in [0.25, 0.3) is 0 Å². The maximum Gasteiger partial charge on any atom is 0.251 e. The Hall–Kier alpha value is -3.52. The van der Waals surface area contributed by atoms with Crippen LogP contribution in [0.4, 0.5) is 5.69 Å². The first-order valence-electron chi connectivity index (χ1n) is 11.7. The van der Waals surface area contributed by atoms with E-state index in [-0.39, 0.29) is 18.5 Å². The Morgan fingerprint density at radius 1 is 0.944 bits per heavy atom. The molecule has 8 heteroatoms. The van der Waals surface area contributed by atoms with Gasteiger partial charge >= 0.3 is 0 Å². The Labute approximate surface area is 214 Å². The van der Waals surface area contributed by atoms with E-state index < -0.39 is 10.0 Å². The van der Waals surface area contributed by atoms with Crippen LogP contribution in [0.15, 0.2) is 60.7 Å². The molecule has 0 saturated carbocycles. The molecule has 7 nitrogen and oxygen atoms in total. The molecule has 0 spiro atoms. The van der Waals surface area contributed by atoms with Crippen LogP contribution in [0.3, 0.4) is 0 Å². The van der Waals surface area contributed by atoms with Crippen LogP contribution in [0.5, 0.6) is 11.5 Å². The molecule has 3 aromatic rings. The molecule has 0 radical (unpaired) electrons. The van der Waals surface area contributed by atoms with Crippen molar-refractivity contribution >= 4 is 21.6 Å². The van der Waals surface area contributed by atoms with E-state index in [0.29, 0.717) is 29.2 Å². The number of carbonyl (C=O) groups excluding carboxylic acids is 1. The topological polar surface area (TPSA) is 84.9 Å². The summed E-state index contributed by atoms with van der Waals surface area (Å²) in [7, 11) is -0.355. The molecule has 0 unspecified atom stereocenters. The normalized spacial score (nSPS) is 12.1. The van der Waals surface area contributed by atoms with Gasteiger partial charge in [0.2, 0.25) is 10.0 Å². The van der Waals surface area contributed by atoms with Gasteiger partial charge in [0.1, 0.15) is 0 Å². The predicted molar refractivity (Wildman–Crippen MR) is 143 cm³/mol. The van der Waals surface area contributed by atoms with Gasteiger partial charge in [-0.25, -0.2) is 8.42 Å². The van der Waals surface area contributed by atoms with E-state index in [0.717, 1.165) is 22.3 Å². The number of carbonyl (C=O) groups is 1. The number of rotatable bonds is 10. The molecule has 0 aliphatic heterocycles. The van der Waals surface area contributed by atoms with Gasteiger partial charge in [-0.1, -0.05) is 43.3 Å². The Morgan fingerprint density at radius 2 is 1.56 bits per heavy atom. The van der Waals surface area contributed by atoms with Crippen LogP contribution in [0.2, 0.25) is 0 Å². The highest BCUT2D eigenvalue weighted by Crippen LogP contribution is 2.31. The third kappa shape index (κ3) is 6.18. The second kappa shape index (κ2) is 11.5. The molecule has 0 aromatic heterocycles. The molecule has 0 bridgehead atoms. The number of hydrogen-bond acceptors (Lipinski definition) is 5. The number of benzene rings is 3. The molecule has 192 valence electrons. The molecule has 1 atom stereocenters. The van der Waals surface area contributed by atoms with Gasteiger partial charge in [-0.05, 0) is 66.8 Å². The Kier molecular flexibility index (Phi) is 8.63. The van der Waals surface area contributed by atoms with Gasteiger partial charge in [-0.2, -0.15) is 0 Å². The third-order valence-electron chi connectivity index (χ3n) is 6.16. The SMILES string of the molecule is CC[C@H](NC(=O)c1ccc(CN(c2c(C)cccc2C)S(C)(=O)=O)cc1)c1ccc(OC)c(OC)c1. The molecule has 0 heterocycles. The summed E-state index contributed by atoms with van der Waals surface area (Å²) in [6.07, 6.45) is 1.90. The number of methoxy groups -OCH3 is 2. The summed E-state index contributed by atoms with van der Waals surface area (Å²) >= 11 is 0. The molecular formula is C28H34N2O5S. The second-order valence-corrected chi connectivity index (χ2v) is 10.7. The van der Waals surface area contributed by atoms with Crippen molar-refractivity contribution in [2.75, 3.05) is 24.8 Å². The molecule has 0 saturated heterocycles. The first-order valence-corrected chi connectivity index (χ1v) is 13.6. The van der Waals surface area contributed by atoms with E-state index in [1.54, 1.807) is 38.5 Å². The van der Waals surface area contributed by atoms with Crippen LogP contribution in [-0.4, -0.2) is 34.8 Å². The van der Waals surface area contributed by atoms with Gasteiger partial charge in [0, 0.05) is 5.56 Å². The maximum atomic E-state index is 13.0. The van der Waals surface area contributed by atoms with E-state index >= 15 is 0 Å². The van der Waals surface area contributed by atoms with Crippen molar-refractivity contribution in [2.45, 2.75) is 39.8 Å². The van der Waals surface area contributed by atoms with E-state index in [1.807, 2.05) is 57.2 Å². The quantitative estimate of drug-likeness (QED) is 0.407. The lowest BCUT2D eigenvalue weighted by molar-refractivity contribution is 0.0935. The fourth-order valence-electron chi connectivity index (χ4n) is 4.22. The van der Waals surface area contributed by atoms with E-state index in [4.69, 9.17) is 9.47 Å². The van der Waals surface area contributed by atoms with Gasteiger partial charge in [-0.3, -0.25) is 9.10 Å². The van der Waals surface area contributed by atoms with Gasteiger partial charge in [-0.15, -0.1) is 0 Å². The van der Waals surface area contributed by atoms with Crippen molar-refractivity contribution in [2.24, 2.45) is 0 Å². The average molecular weight is 511 g/mol. The molecule has 3 rings (SSSR count). The standard InChI is InChI=1S/C28H34N2O5S/c1-7-24(23-15-16-25(34-4)26(17-23)35-5)29-28(31)22-13-11-21(12-14-22)18-30(36(6,32)33)27-19(2)9-8-10-20(27)3/h8-17,24H,7,18H2,1-6H3,(H,29,31)/t24-/m0/s1. The highest BCUT2D eigenvalue weighted by atomic mass is 32.2. The van der Waals surface area contributed by atoms with Crippen molar-refractivity contribution in [3.05, 3.63) is 88.5 Å². The zero-order chi connectivity index (χ0) is 26.5. The highest BCUT2D eigenvalue weighted by molar-refractivity contribution is 7.92. The molecule has 3 aromatic carbocycles. The lowest BCUT2D eigenvalue weighted by Gasteiger charge is -2.26. The van der Waals surface area contributed by atoms with Gasteiger partial charge in [0.25, 0.3) is 5.91 Å². The first kappa shape index (κ1) is 27.1. The summed E-state index contributed by atoms with van der Waals surface area (Å²) in [5, 5.41) is 3.07. The van der Waals surface area contributed by atoms with Gasteiger partial charge < -0.3 is 14.8 Å². The lowest BCUT2D eigenvalue weighted by Crippen LogP contribution is -2.31. The van der Waals surface area contributed by atoms with Crippen LogP contribution >= 0.6 is 0 Å². The molecular weight excluding hydrogens is 476 g/mol. The summed E-state index contributed by atoms with van der Waals surface area (Å²) in [6, 6.07) is 18.1. The van der Waals surface area contributed by atoms with Crippen LogP contribution in [0, 0.1) is 13.8 Å². The summed E-state index contributed by atoms with van der Waals surface area (Å²) in [6.45, 7) is 5.97. The van der Waals surface area contributed by atoms with E-state index in [2.05, 4.69) is 5.32 Å². The lowest BCUT2D eigenvalue weighted by atomic mass is 10.0. The molecule has 1 N–H and O–H groups in total. The van der Waals surface area contributed by atoms with E-state index in [1.165, 1.54) is 10.6 Å². The second-order valence-electron chi connectivity index (χ2n) is 8.76. The van der Waals surface area contributed by atoms with Crippen LogP contribution < -0.4 is 19.1 Å². The molecule has 0 aliphatic carbocycles. The van der Waals surface area contributed by atoms with Crippen molar-refractivity contribution in [3.8, 4) is 11.5 Å². The van der Waals surface area contributed by atoms with E-state index in [9.17, 15) is 13.2 Å². The highest BCUT2D eigenvalue weighted by Gasteiger charge is 2.22. The van der Waals surface area contributed by atoms with Crippen LogP contribution in [-0.2, 0) is 16.6 Å². The van der Waals surface area contributed by atoms with Crippen molar-refractivity contribution in [1.82, 2.24) is 5.32 Å². The zero-order valence-corrected chi connectivity index (χ0v) is 22.5. The molecule has 0 fully saturated rings. The number of anilines is 1. The first-order chi connectivity index (χ1) is 17.1. The number of ether oxygens (including phenoxy) is 2. The number of para-hydroxylation sites is 1. The molecule has 1 amide bonds. The largest absolute Gasteiger partial charge is 0.493 e. The summed E-state index contributed by atoms with van der Waals surface area (Å²) in [4.78, 5) is 13.0. The third-order valence-corrected chi connectivity index (χ3v) is 7.27. The average Bonchev–Trinajstić information content (AvgIpc) is 2.85. The zero-order valence-electron chi connectivity index (χ0n) is 21.7. The number of sulfonamides is 1. The fraction of sp³-hybridized carbons (Fsp3) is 0.321. The minimum Gasteiger partial charge on any atom is -0.493 e. The van der Waals surface area contributed by atoms with Crippen molar-refractivity contribution in [1.29, 1.82) is 0 Å². The molecule has 0 aliphatic rings. The number of amides is 1. The number of aryl methyl sites for hydroxylation is 2. The number of nitrogens with one attached hydrogen (secondary N) is 1. The van der Waals surface area contributed by atoms with Gasteiger partial charge in [0.15, 0.2) is 11.5 Å². The summed E-state index contributed by atoms with van der Waals surface area (Å²) < 4.78 is 37.4. The summed E-state index contributed by atoms with van der Waals surface area (Å²) in [5.74, 6) is 1.02. The van der Waals surface area contributed by atoms with Crippen molar-refractivity contribution in [3.63, 3.8) is 0 Å². The number of hydrogen-bond donors (Lipinski definition) is 1. The Bertz CT molecular complexity index is 1300. The van der Waals surface area contributed by atoms with Crippen LogP contribution in [0.1, 0.15) is 52.0 Å². The van der Waals surface area contributed by atoms with Crippen molar-refractivity contribution < 1.29 is 22.7 Å². The Balaban J connectivity index is 1.79. The smallest absolute Gasteiger partial charge is 0.251 e. The minimum atomic E-state index is -3.51.